The number of pyridine rings is 1. The molecular formula is C24H22Cl3F3N8O2. The van der Waals surface area contributed by atoms with E-state index in [1.807, 2.05) is 18.2 Å². The smallest absolute Gasteiger partial charge is 0.412 e. The third-order valence-electron chi connectivity index (χ3n) is 5.63. The van der Waals surface area contributed by atoms with Crippen LogP contribution in [0.25, 0.3) is 16.6 Å². The Balaban J connectivity index is 0.00000220. The summed E-state index contributed by atoms with van der Waals surface area (Å²) in [5.74, 6) is 0.132. The van der Waals surface area contributed by atoms with Crippen molar-refractivity contribution in [2.24, 2.45) is 5.73 Å². The molecule has 0 fully saturated rings. The molecule has 0 aliphatic carbocycles. The molecule has 16 heteroatoms. The van der Waals surface area contributed by atoms with Gasteiger partial charge >= 0.3 is 6.18 Å². The summed E-state index contributed by atoms with van der Waals surface area (Å²) in [7, 11) is 0. The number of alkyl halides is 3. The lowest BCUT2D eigenvalue weighted by atomic mass is 10.3. The normalized spacial score (nSPS) is 11.9. The number of ether oxygens (including phenoxy) is 1. The van der Waals surface area contributed by atoms with Gasteiger partial charge in [0.25, 0.3) is 0 Å². The number of carbonyl (C=O) groups excluding carboxylic acids is 1. The minimum atomic E-state index is -4.82. The van der Waals surface area contributed by atoms with Crippen molar-refractivity contribution in [1.29, 1.82) is 0 Å². The fourth-order valence-corrected chi connectivity index (χ4v) is 3.97. The van der Waals surface area contributed by atoms with Crippen LogP contribution < -0.4 is 21.1 Å². The molecule has 4 heterocycles. The van der Waals surface area contributed by atoms with Crippen molar-refractivity contribution < 1.29 is 22.7 Å². The first-order chi connectivity index (χ1) is 18.2. The van der Waals surface area contributed by atoms with Crippen LogP contribution >= 0.6 is 36.4 Å². The Kier molecular flexibility index (Phi) is 9.69. The molecule has 0 aliphatic rings. The van der Waals surface area contributed by atoms with Gasteiger partial charge in [0.15, 0.2) is 11.9 Å². The number of anilines is 2. The van der Waals surface area contributed by atoms with Gasteiger partial charge in [0.1, 0.15) is 23.3 Å². The number of hydrogen-bond acceptors (Lipinski definition) is 7. The monoisotopic (exact) mass is 616 g/mol. The standard InChI is InChI=1S/C24H20ClF3N8O2.2ClH/c25-17-11-14(1-4-19(17)38-16-3-2-15-5-7-33-36(15)12-16)34-22-20-18(31-13-32-22)6-9-35(20)10-8-30-23(37)21(29)24(26,27)28;;/h1-7,9,11-13,21H,8,10,29H2,(H,30,37)(H,31,32,34);2*1H/t21-;;/m1../s1. The highest BCUT2D eigenvalue weighted by atomic mass is 35.5. The number of fused-ring (bicyclic) bond motifs is 2. The third-order valence-corrected chi connectivity index (χ3v) is 5.92. The average molecular weight is 618 g/mol. The zero-order valence-corrected chi connectivity index (χ0v) is 22.7. The van der Waals surface area contributed by atoms with E-state index in [0.717, 1.165) is 5.52 Å². The number of amides is 1. The summed E-state index contributed by atoms with van der Waals surface area (Å²) in [6, 6.07) is 9.83. The van der Waals surface area contributed by atoms with E-state index >= 15 is 0 Å². The number of benzene rings is 1. The van der Waals surface area contributed by atoms with E-state index < -0.39 is 18.1 Å². The van der Waals surface area contributed by atoms with Crippen molar-refractivity contribution in [2.75, 3.05) is 11.9 Å². The van der Waals surface area contributed by atoms with E-state index in [2.05, 4.69) is 25.7 Å². The largest absolute Gasteiger partial charge is 0.454 e. The number of nitrogens with zero attached hydrogens (tertiary/aromatic N) is 5. The van der Waals surface area contributed by atoms with Crippen molar-refractivity contribution in [3.05, 3.63) is 72.4 Å². The summed E-state index contributed by atoms with van der Waals surface area (Å²) in [6.07, 6.45) is 1.68. The van der Waals surface area contributed by atoms with Crippen LogP contribution in [0.4, 0.5) is 24.7 Å². The Labute approximate surface area is 242 Å². The lowest BCUT2D eigenvalue weighted by molar-refractivity contribution is -0.162. The fourth-order valence-electron chi connectivity index (χ4n) is 3.75. The average Bonchev–Trinajstić information content (AvgIpc) is 3.52. The molecule has 0 radical (unpaired) electrons. The summed E-state index contributed by atoms with van der Waals surface area (Å²) < 4.78 is 47.2. The molecule has 1 amide bonds. The van der Waals surface area contributed by atoms with Gasteiger partial charge in [-0.2, -0.15) is 18.3 Å². The predicted octanol–water partition coefficient (Wildman–Crippen LogP) is 5.12. The van der Waals surface area contributed by atoms with Crippen LogP contribution in [-0.2, 0) is 11.3 Å². The molecule has 0 bridgehead atoms. The van der Waals surface area contributed by atoms with Crippen molar-refractivity contribution in [1.82, 2.24) is 29.5 Å². The molecule has 0 aliphatic heterocycles. The minimum absolute atomic E-state index is 0. The van der Waals surface area contributed by atoms with Gasteiger partial charge in [0, 0.05) is 31.2 Å². The Hall–Kier alpha value is -3.78. The van der Waals surface area contributed by atoms with Crippen molar-refractivity contribution in [3.8, 4) is 11.5 Å². The van der Waals surface area contributed by atoms with Gasteiger partial charge in [-0.15, -0.1) is 24.8 Å². The maximum atomic E-state index is 12.6. The zero-order valence-electron chi connectivity index (χ0n) is 20.3. The van der Waals surface area contributed by atoms with E-state index in [-0.39, 0.29) is 37.9 Å². The van der Waals surface area contributed by atoms with Crippen LogP contribution in [0.2, 0.25) is 5.02 Å². The molecule has 40 heavy (non-hydrogen) atoms. The first-order valence-electron chi connectivity index (χ1n) is 11.3. The summed E-state index contributed by atoms with van der Waals surface area (Å²) in [5.41, 5.74) is 7.67. The molecule has 0 saturated carbocycles. The second-order valence-electron chi connectivity index (χ2n) is 8.21. The molecule has 212 valence electrons. The number of aromatic nitrogens is 5. The molecule has 1 aromatic carbocycles. The summed E-state index contributed by atoms with van der Waals surface area (Å²) in [4.78, 5) is 20.2. The van der Waals surface area contributed by atoms with Gasteiger partial charge in [-0.25, -0.2) is 14.5 Å². The molecule has 4 N–H and O–H groups in total. The van der Waals surface area contributed by atoms with Crippen LogP contribution in [0.5, 0.6) is 11.5 Å². The molecule has 5 aromatic rings. The first-order valence-corrected chi connectivity index (χ1v) is 11.6. The maximum absolute atomic E-state index is 12.6. The topological polar surface area (TPSA) is 124 Å². The van der Waals surface area contributed by atoms with E-state index in [1.54, 1.807) is 51.9 Å². The highest BCUT2D eigenvalue weighted by Crippen LogP contribution is 2.33. The Morgan fingerprint density at radius 3 is 2.67 bits per heavy atom. The van der Waals surface area contributed by atoms with E-state index in [1.165, 1.54) is 6.33 Å². The van der Waals surface area contributed by atoms with E-state index in [4.69, 9.17) is 22.1 Å². The van der Waals surface area contributed by atoms with Gasteiger partial charge in [-0.3, -0.25) is 4.79 Å². The highest BCUT2D eigenvalue weighted by Gasteiger charge is 2.41. The van der Waals surface area contributed by atoms with Crippen LogP contribution in [0.3, 0.4) is 0 Å². The Morgan fingerprint density at radius 1 is 1.12 bits per heavy atom. The van der Waals surface area contributed by atoms with Crippen LogP contribution in [0, 0.1) is 0 Å². The highest BCUT2D eigenvalue weighted by molar-refractivity contribution is 6.32. The number of carbonyl (C=O) groups is 1. The second kappa shape index (κ2) is 12.6. The number of nitrogens with two attached hydrogens (primary N) is 1. The lowest BCUT2D eigenvalue weighted by Gasteiger charge is -2.16. The summed E-state index contributed by atoms with van der Waals surface area (Å²) in [5, 5.41) is 9.91. The minimum Gasteiger partial charge on any atom is -0.454 e. The van der Waals surface area contributed by atoms with Gasteiger partial charge in [0.2, 0.25) is 5.91 Å². The first kappa shape index (κ1) is 30.8. The third kappa shape index (κ3) is 6.67. The predicted molar refractivity (Wildman–Crippen MR) is 149 cm³/mol. The van der Waals surface area contributed by atoms with Gasteiger partial charge in [-0.1, -0.05) is 11.6 Å². The van der Waals surface area contributed by atoms with Crippen LogP contribution in [0.1, 0.15) is 0 Å². The molecule has 0 spiro atoms. The molecule has 0 unspecified atom stereocenters. The number of nitrogens with one attached hydrogen (secondary N) is 2. The zero-order chi connectivity index (χ0) is 26.9. The van der Waals surface area contributed by atoms with Crippen LogP contribution in [0.15, 0.2) is 67.4 Å². The Bertz CT molecular complexity index is 1630. The molecule has 1 atom stereocenters. The SMILES string of the molecule is Cl.Cl.N[C@H](C(=O)NCCn1ccc2ncnc(Nc3ccc(Oc4ccc5ccnn5c4)c(Cl)c3)c21)C(F)(F)F. The second-order valence-corrected chi connectivity index (χ2v) is 8.62. The Morgan fingerprint density at radius 2 is 1.93 bits per heavy atom. The van der Waals surface area contributed by atoms with E-state index in [9.17, 15) is 18.0 Å². The molecule has 10 nitrogen and oxygen atoms in total. The summed E-state index contributed by atoms with van der Waals surface area (Å²) >= 11 is 6.47. The number of rotatable bonds is 8. The number of halogens is 6. The van der Waals surface area contributed by atoms with E-state index in [0.29, 0.717) is 39.1 Å². The van der Waals surface area contributed by atoms with Crippen LogP contribution in [-0.4, -0.2) is 48.8 Å². The van der Waals surface area contributed by atoms with Gasteiger partial charge in [-0.05, 0) is 42.5 Å². The quantitative estimate of drug-likeness (QED) is 0.221. The number of hydrogen-bond donors (Lipinski definition) is 3. The van der Waals surface area contributed by atoms with Crippen molar-refractivity contribution >= 4 is 70.4 Å². The molecule has 4 aromatic heterocycles. The maximum Gasteiger partial charge on any atom is 0.412 e. The van der Waals surface area contributed by atoms with Gasteiger partial charge < -0.3 is 25.7 Å². The van der Waals surface area contributed by atoms with Crippen molar-refractivity contribution in [2.45, 2.75) is 18.8 Å². The fraction of sp³-hybridized carbons (Fsp3) is 0.167. The van der Waals surface area contributed by atoms with Crippen molar-refractivity contribution in [3.63, 3.8) is 0 Å². The lowest BCUT2D eigenvalue weighted by Crippen LogP contribution is -2.50. The summed E-state index contributed by atoms with van der Waals surface area (Å²) in [6.45, 7) is 0.0823. The molecule has 0 saturated heterocycles. The molecule has 5 rings (SSSR count). The van der Waals surface area contributed by atoms with Gasteiger partial charge in [0.05, 0.1) is 22.3 Å². The molecular weight excluding hydrogens is 596 g/mol.